The molecule has 0 aliphatic carbocycles. The van der Waals surface area contributed by atoms with Crippen LogP contribution in [0.5, 0.6) is 0 Å². The van der Waals surface area contributed by atoms with Gasteiger partial charge in [0.2, 0.25) is 5.54 Å². The first-order chi connectivity index (χ1) is 16.8. The average Bonchev–Trinajstić information content (AvgIpc) is 2.84. The predicted molar refractivity (Wildman–Crippen MR) is 119 cm³/mol. The molecule has 3 heterocycles. The fraction of sp³-hybridized carbons (Fsp3) is 0.375. The first-order valence-corrected chi connectivity index (χ1v) is 11.1. The van der Waals surface area contributed by atoms with Crippen molar-refractivity contribution in [3.63, 3.8) is 0 Å². The molecule has 186 valence electrons. The van der Waals surface area contributed by atoms with Crippen molar-refractivity contribution in [1.29, 1.82) is 0 Å². The molecule has 1 unspecified atom stereocenters. The number of amidine groups is 1. The van der Waals surface area contributed by atoms with Crippen LogP contribution in [0, 0.1) is 5.82 Å². The van der Waals surface area contributed by atoms with Crippen molar-refractivity contribution in [2.75, 3.05) is 39.5 Å². The number of benzene rings is 1. The highest BCUT2D eigenvalue weighted by Crippen LogP contribution is 2.50. The lowest BCUT2D eigenvalue weighted by molar-refractivity contribution is -0.183. The van der Waals surface area contributed by atoms with Crippen LogP contribution in [0.3, 0.4) is 0 Å². The van der Waals surface area contributed by atoms with Gasteiger partial charge in [0, 0.05) is 31.5 Å². The molecule has 2 aliphatic heterocycles. The monoisotopic (exact) mass is 492 g/mol. The third-order valence-electron chi connectivity index (χ3n) is 5.76. The van der Waals surface area contributed by atoms with E-state index in [1.54, 1.807) is 12.1 Å². The second-order valence-electron chi connectivity index (χ2n) is 7.98. The summed E-state index contributed by atoms with van der Waals surface area (Å²) in [5, 5.41) is 2.92. The number of ether oxygens (including phenoxy) is 2. The molecule has 4 rings (SSSR count). The maximum atomic E-state index is 15.1. The van der Waals surface area contributed by atoms with Crippen LogP contribution < -0.4 is 5.32 Å². The number of alkyl halides is 3. The highest BCUT2D eigenvalue weighted by Gasteiger charge is 2.63. The minimum absolute atomic E-state index is 0.0114. The van der Waals surface area contributed by atoms with Crippen LogP contribution in [0.1, 0.15) is 18.2 Å². The van der Waals surface area contributed by atoms with E-state index in [0.29, 0.717) is 26.3 Å². The number of aliphatic imine (C=N–C) groups is 1. The van der Waals surface area contributed by atoms with E-state index in [2.05, 4.69) is 15.3 Å². The summed E-state index contributed by atoms with van der Waals surface area (Å²) in [7, 11) is 0. The molecule has 2 aromatic rings. The van der Waals surface area contributed by atoms with Gasteiger partial charge in [-0.25, -0.2) is 14.2 Å². The molecule has 35 heavy (non-hydrogen) atoms. The van der Waals surface area contributed by atoms with Crippen LogP contribution in [0.15, 0.2) is 64.9 Å². The molecule has 11 heteroatoms. The summed E-state index contributed by atoms with van der Waals surface area (Å²) in [5.74, 6) is -2.04. The Bertz CT molecular complexity index is 1110. The van der Waals surface area contributed by atoms with Gasteiger partial charge in [0.15, 0.2) is 5.84 Å². The zero-order valence-corrected chi connectivity index (χ0v) is 18.9. The standard InChI is InChI=1S/C24H24F4N4O3/c1-2-35-22(33)20-19(15-32-11-13-34-14-12-32)30-21(18-5-3-4-10-29-18)31-23(20,24(26,27)28)16-6-8-17(25)9-7-16/h3-10H,2,11-15H2,1H3,(H,30,31). The minimum Gasteiger partial charge on any atom is -0.462 e. The summed E-state index contributed by atoms with van der Waals surface area (Å²) in [6, 6.07) is 8.54. The minimum atomic E-state index is -5.08. The molecule has 7 nitrogen and oxygen atoms in total. The summed E-state index contributed by atoms with van der Waals surface area (Å²) in [4.78, 5) is 23.3. The van der Waals surface area contributed by atoms with Crippen LogP contribution in [0.25, 0.3) is 0 Å². The molecule has 0 amide bonds. The lowest BCUT2D eigenvalue weighted by Gasteiger charge is -2.40. The molecule has 0 bridgehead atoms. The number of carbonyl (C=O) groups is 1. The van der Waals surface area contributed by atoms with Gasteiger partial charge in [-0.15, -0.1) is 0 Å². The van der Waals surface area contributed by atoms with E-state index >= 15 is 13.2 Å². The van der Waals surface area contributed by atoms with Gasteiger partial charge in [-0.1, -0.05) is 18.2 Å². The third-order valence-corrected chi connectivity index (χ3v) is 5.76. The Morgan fingerprint density at radius 1 is 1.17 bits per heavy atom. The summed E-state index contributed by atoms with van der Waals surface area (Å²) < 4.78 is 69.6. The van der Waals surface area contributed by atoms with Gasteiger partial charge >= 0.3 is 12.1 Å². The van der Waals surface area contributed by atoms with Gasteiger partial charge < -0.3 is 14.8 Å². The lowest BCUT2D eigenvalue weighted by atomic mass is 9.79. The SMILES string of the molecule is CCOC(=O)C1=C(CN2CCOCC2)NC(c2ccccn2)=NC1(c1ccc(F)cc1)C(F)(F)F. The summed E-state index contributed by atoms with van der Waals surface area (Å²) in [6.07, 6.45) is -3.65. The van der Waals surface area contributed by atoms with E-state index in [1.165, 1.54) is 19.2 Å². The number of hydrogen-bond donors (Lipinski definition) is 1. The van der Waals surface area contributed by atoms with Crippen molar-refractivity contribution in [1.82, 2.24) is 15.2 Å². The molecule has 2 aliphatic rings. The number of aromatic nitrogens is 1. The van der Waals surface area contributed by atoms with Crippen molar-refractivity contribution in [3.05, 3.63) is 77.0 Å². The van der Waals surface area contributed by atoms with Crippen LogP contribution in [0.4, 0.5) is 17.6 Å². The maximum Gasteiger partial charge on any atom is 0.422 e. The fourth-order valence-corrected chi connectivity index (χ4v) is 4.14. The van der Waals surface area contributed by atoms with Crippen molar-refractivity contribution in [2.45, 2.75) is 18.6 Å². The quantitative estimate of drug-likeness (QED) is 0.493. The van der Waals surface area contributed by atoms with Gasteiger partial charge in [-0.3, -0.25) is 9.88 Å². The molecule has 1 atom stereocenters. The normalized spacial score (nSPS) is 21.3. The Morgan fingerprint density at radius 3 is 2.49 bits per heavy atom. The number of rotatable bonds is 6. The van der Waals surface area contributed by atoms with Crippen LogP contribution >= 0.6 is 0 Å². The topological polar surface area (TPSA) is 76.0 Å². The van der Waals surface area contributed by atoms with Crippen molar-refractivity contribution < 1.29 is 31.8 Å². The number of hydrogen-bond acceptors (Lipinski definition) is 7. The molecule has 1 aromatic heterocycles. The second kappa shape index (κ2) is 10.1. The highest BCUT2D eigenvalue weighted by atomic mass is 19.4. The van der Waals surface area contributed by atoms with E-state index in [1.807, 2.05) is 4.90 Å². The molecular formula is C24H24F4N4O3. The highest BCUT2D eigenvalue weighted by molar-refractivity contribution is 6.03. The van der Waals surface area contributed by atoms with E-state index in [-0.39, 0.29) is 30.4 Å². The fourth-order valence-electron chi connectivity index (χ4n) is 4.14. The zero-order chi connectivity index (χ0) is 25.1. The number of halogens is 4. The molecule has 1 saturated heterocycles. The molecule has 1 N–H and O–H groups in total. The Labute approximate surface area is 199 Å². The van der Waals surface area contributed by atoms with Crippen LogP contribution in [-0.2, 0) is 19.8 Å². The third kappa shape index (κ3) is 4.92. The summed E-state index contributed by atoms with van der Waals surface area (Å²) in [5.41, 5.74) is -4.10. The summed E-state index contributed by atoms with van der Waals surface area (Å²) in [6.45, 7) is 3.10. The molecule has 0 spiro atoms. The number of nitrogens with zero attached hydrogens (tertiary/aromatic N) is 3. The van der Waals surface area contributed by atoms with E-state index in [0.717, 1.165) is 24.3 Å². The van der Waals surface area contributed by atoms with Crippen molar-refractivity contribution >= 4 is 11.8 Å². The maximum absolute atomic E-state index is 15.1. The predicted octanol–water partition coefficient (Wildman–Crippen LogP) is 3.18. The molecule has 1 fully saturated rings. The largest absolute Gasteiger partial charge is 0.462 e. The van der Waals surface area contributed by atoms with E-state index in [9.17, 15) is 9.18 Å². The summed E-state index contributed by atoms with van der Waals surface area (Å²) >= 11 is 0. The number of morpholine rings is 1. The molecule has 0 saturated carbocycles. The van der Waals surface area contributed by atoms with Crippen molar-refractivity contribution in [3.8, 4) is 0 Å². The van der Waals surface area contributed by atoms with Gasteiger partial charge in [-0.2, -0.15) is 13.2 Å². The lowest BCUT2D eigenvalue weighted by Crippen LogP contribution is -2.53. The number of esters is 1. The number of carbonyl (C=O) groups excluding carboxylic acids is 1. The molecule has 0 radical (unpaired) electrons. The molecular weight excluding hydrogens is 468 g/mol. The number of nitrogens with one attached hydrogen (secondary N) is 1. The smallest absolute Gasteiger partial charge is 0.422 e. The van der Waals surface area contributed by atoms with Crippen LogP contribution in [-0.4, -0.2) is 67.3 Å². The number of pyridine rings is 1. The van der Waals surface area contributed by atoms with Gasteiger partial charge in [0.25, 0.3) is 0 Å². The Balaban J connectivity index is 1.99. The van der Waals surface area contributed by atoms with Crippen molar-refractivity contribution in [2.24, 2.45) is 4.99 Å². The first kappa shape index (κ1) is 24.8. The zero-order valence-electron chi connectivity index (χ0n) is 18.9. The molecule has 1 aromatic carbocycles. The average molecular weight is 492 g/mol. The Hall–Kier alpha value is -3.31. The van der Waals surface area contributed by atoms with Crippen LogP contribution in [0.2, 0.25) is 0 Å². The first-order valence-electron chi connectivity index (χ1n) is 11.1. The van der Waals surface area contributed by atoms with Gasteiger partial charge in [0.1, 0.15) is 11.5 Å². The van der Waals surface area contributed by atoms with E-state index < -0.39 is 34.6 Å². The van der Waals surface area contributed by atoms with Gasteiger partial charge in [0.05, 0.1) is 25.4 Å². The second-order valence-corrected chi connectivity index (χ2v) is 7.98. The van der Waals surface area contributed by atoms with Gasteiger partial charge in [-0.05, 0) is 36.8 Å². The Morgan fingerprint density at radius 2 is 1.89 bits per heavy atom. The van der Waals surface area contributed by atoms with E-state index in [4.69, 9.17) is 9.47 Å². The Kier molecular flexibility index (Phi) is 7.18.